The Balaban J connectivity index is 1.86. The number of nitrogens with zero attached hydrogens (tertiary/aromatic N) is 1. The molecule has 0 amide bonds. The Hall–Kier alpha value is -0.750. The third-order valence-electron chi connectivity index (χ3n) is 7.66. The summed E-state index contributed by atoms with van der Waals surface area (Å²) in [6.07, 6.45) is 4.28. The van der Waals surface area contributed by atoms with Gasteiger partial charge in [-0.25, -0.2) is 4.98 Å². The standard InChI is InChI=1S/C26H41NO6P2S/c1-14-8-7-9-19-21(30-19)11-20(15(2)10-18-13-36-17(4)27-18)31-23(28)12-22(32-34)26(5,6)25(29)16(3)24(14)33-35/h10,13-14,16,19-22,24H,7-9,11-12,34-35H2,1-6H3. The summed E-state index contributed by atoms with van der Waals surface area (Å²) in [7, 11) is 4.55. The van der Waals surface area contributed by atoms with Crippen LogP contribution in [0.1, 0.15) is 77.4 Å². The van der Waals surface area contributed by atoms with Crippen LogP contribution >= 0.6 is 30.3 Å². The van der Waals surface area contributed by atoms with Gasteiger partial charge in [0.15, 0.2) is 0 Å². The number of hydrogen-bond donors (Lipinski definition) is 0. The predicted octanol–water partition coefficient (Wildman–Crippen LogP) is 5.72. The monoisotopic (exact) mass is 557 g/mol. The van der Waals surface area contributed by atoms with E-state index in [2.05, 4.69) is 30.8 Å². The zero-order valence-corrected chi connectivity index (χ0v) is 25.3. The van der Waals surface area contributed by atoms with E-state index in [1.165, 1.54) is 0 Å². The normalized spacial score (nSPS) is 34.7. The molecule has 2 aliphatic rings. The highest BCUT2D eigenvalue weighted by atomic mass is 32.1. The average molecular weight is 558 g/mol. The molecule has 2 fully saturated rings. The molecule has 0 aliphatic carbocycles. The van der Waals surface area contributed by atoms with Crippen molar-refractivity contribution < 1.29 is 28.1 Å². The van der Waals surface area contributed by atoms with E-state index in [9.17, 15) is 9.59 Å². The van der Waals surface area contributed by atoms with E-state index in [1.807, 2.05) is 46.1 Å². The number of rotatable bonds is 4. The van der Waals surface area contributed by atoms with Crippen molar-refractivity contribution in [1.82, 2.24) is 4.98 Å². The Kier molecular flexibility index (Phi) is 10.7. The minimum absolute atomic E-state index is 0.00580. The smallest absolute Gasteiger partial charge is 0.309 e. The second kappa shape index (κ2) is 12.9. The molecule has 0 bridgehead atoms. The number of thiazole rings is 1. The van der Waals surface area contributed by atoms with Crippen LogP contribution < -0.4 is 0 Å². The molecule has 1 aromatic rings. The third-order valence-corrected chi connectivity index (χ3v) is 9.09. The van der Waals surface area contributed by atoms with Gasteiger partial charge in [-0.05, 0) is 44.3 Å². The molecule has 9 unspecified atom stereocenters. The molecule has 36 heavy (non-hydrogen) atoms. The summed E-state index contributed by atoms with van der Waals surface area (Å²) in [4.78, 5) is 31.3. The molecule has 0 spiro atoms. The molecule has 3 heterocycles. The van der Waals surface area contributed by atoms with Crippen molar-refractivity contribution in [3.8, 4) is 0 Å². The molecule has 7 nitrogen and oxygen atoms in total. The van der Waals surface area contributed by atoms with Crippen molar-refractivity contribution in [3.05, 3.63) is 21.7 Å². The van der Waals surface area contributed by atoms with Crippen molar-refractivity contribution in [3.63, 3.8) is 0 Å². The van der Waals surface area contributed by atoms with Crippen molar-refractivity contribution in [2.75, 3.05) is 0 Å². The Morgan fingerprint density at radius 1 is 1.19 bits per heavy atom. The van der Waals surface area contributed by atoms with Gasteiger partial charge in [0.2, 0.25) is 0 Å². The van der Waals surface area contributed by atoms with Crippen LogP contribution in [0.25, 0.3) is 6.08 Å². The molecule has 9 atom stereocenters. The first-order valence-electron chi connectivity index (χ1n) is 12.7. The minimum Gasteiger partial charge on any atom is -0.458 e. The fourth-order valence-electron chi connectivity index (χ4n) is 5.23. The first-order valence-corrected chi connectivity index (χ1v) is 14.5. The van der Waals surface area contributed by atoms with Crippen LogP contribution in [0, 0.1) is 24.2 Å². The molecule has 1 aromatic heterocycles. The summed E-state index contributed by atoms with van der Waals surface area (Å²) in [5, 5.41) is 2.98. The van der Waals surface area contributed by atoms with Crippen LogP contribution in [0.3, 0.4) is 0 Å². The van der Waals surface area contributed by atoms with E-state index in [1.54, 1.807) is 11.3 Å². The number of epoxide rings is 1. The molecule has 3 rings (SSSR count). The van der Waals surface area contributed by atoms with Crippen molar-refractivity contribution in [1.29, 1.82) is 0 Å². The van der Waals surface area contributed by atoms with E-state index >= 15 is 0 Å². The number of hydrogen-bond acceptors (Lipinski definition) is 8. The van der Waals surface area contributed by atoms with E-state index in [4.69, 9.17) is 18.5 Å². The van der Waals surface area contributed by atoms with E-state index in [0.717, 1.165) is 35.5 Å². The van der Waals surface area contributed by atoms with Gasteiger partial charge in [-0.15, -0.1) is 11.3 Å². The Bertz CT molecular complexity index is 951. The van der Waals surface area contributed by atoms with E-state index in [-0.39, 0.29) is 42.4 Å². The largest absolute Gasteiger partial charge is 0.458 e. The number of aromatic nitrogens is 1. The number of aryl methyl sites for hydroxylation is 1. The molecular formula is C26H41NO6P2S. The highest BCUT2D eigenvalue weighted by molar-refractivity contribution is 7.10. The van der Waals surface area contributed by atoms with Gasteiger partial charge in [-0.1, -0.05) is 34.1 Å². The summed E-state index contributed by atoms with van der Waals surface area (Å²) < 4.78 is 23.3. The lowest BCUT2D eigenvalue weighted by Gasteiger charge is -2.37. The first-order chi connectivity index (χ1) is 17.0. The maximum atomic E-state index is 13.6. The van der Waals surface area contributed by atoms with Gasteiger partial charge in [0.05, 0.1) is 47.0 Å². The number of carbonyl (C=O) groups excluding carboxylic acids is 2. The summed E-state index contributed by atoms with van der Waals surface area (Å²) >= 11 is 1.58. The average Bonchev–Trinajstić information content (AvgIpc) is 3.43. The van der Waals surface area contributed by atoms with Gasteiger partial charge in [-0.3, -0.25) is 9.59 Å². The number of ether oxygens (including phenoxy) is 2. The number of esters is 1. The zero-order valence-electron chi connectivity index (χ0n) is 22.2. The van der Waals surface area contributed by atoms with Gasteiger partial charge < -0.3 is 18.5 Å². The molecule has 0 N–H and O–H groups in total. The fraction of sp³-hybridized carbons (Fsp3) is 0.731. The Morgan fingerprint density at radius 3 is 2.53 bits per heavy atom. The van der Waals surface area contributed by atoms with Gasteiger partial charge in [0, 0.05) is 36.7 Å². The molecule has 202 valence electrons. The lowest BCUT2D eigenvalue weighted by molar-refractivity contribution is -0.153. The van der Waals surface area contributed by atoms with Crippen LogP contribution in [0.4, 0.5) is 0 Å². The fourth-order valence-corrected chi connectivity index (χ4v) is 6.74. The summed E-state index contributed by atoms with van der Waals surface area (Å²) in [6.45, 7) is 11.6. The molecule has 0 radical (unpaired) electrons. The Labute approximate surface area is 224 Å². The molecule has 0 aromatic carbocycles. The van der Waals surface area contributed by atoms with Crippen molar-refractivity contribution in [2.45, 2.75) is 104 Å². The lowest BCUT2D eigenvalue weighted by atomic mass is 9.73. The number of carbonyl (C=O) groups is 2. The number of Topliss-reactive ketones (excluding diaryl/α,β-unsaturated/α-hetero) is 1. The predicted molar refractivity (Wildman–Crippen MR) is 148 cm³/mol. The van der Waals surface area contributed by atoms with Crippen molar-refractivity contribution >= 4 is 48.1 Å². The maximum Gasteiger partial charge on any atom is 0.309 e. The summed E-state index contributed by atoms with van der Waals surface area (Å²) in [6, 6.07) is 0. The number of cyclic esters (lactones) is 1. The first kappa shape index (κ1) is 29.8. The zero-order chi connectivity index (χ0) is 26.6. The maximum absolute atomic E-state index is 13.6. The second-order valence-electron chi connectivity index (χ2n) is 10.8. The molecular weight excluding hydrogens is 516 g/mol. The van der Waals surface area contributed by atoms with E-state index in [0.29, 0.717) is 6.42 Å². The highest BCUT2D eigenvalue weighted by Crippen LogP contribution is 2.38. The molecule has 2 saturated heterocycles. The highest BCUT2D eigenvalue weighted by Gasteiger charge is 2.45. The van der Waals surface area contributed by atoms with Crippen LogP contribution in [-0.4, -0.2) is 47.3 Å². The van der Waals surface area contributed by atoms with Crippen LogP contribution in [0.5, 0.6) is 0 Å². The number of ketones is 1. The Morgan fingerprint density at radius 2 is 1.92 bits per heavy atom. The second-order valence-corrected chi connectivity index (χ2v) is 12.4. The molecule has 2 aliphatic heterocycles. The van der Waals surface area contributed by atoms with E-state index < -0.39 is 23.6 Å². The van der Waals surface area contributed by atoms with Gasteiger partial charge in [-0.2, -0.15) is 0 Å². The van der Waals surface area contributed by atoms with Crippen LogP contribution in [-0.2, 0) is 28.1 Å². The molecule has 10 heteroatoms. The van der Waals surface area contributed by atoms with Gasteiger partial charge in [0.25, 0.3) is 0 Å². The summed E-state index contributed by atoms with van der Waals surface area (Å²) in [5.74, 6) is -0.559. The van der Waals surface area contributed by atoms with Crippen LogP contribution in [0.15, 0.2) is 11.0 Å². The summed E-state index contributed by atoms with van der Waals surface area (Å²) in [5.41, 5.74) is 0.866. The topological polar surface area (TPSA) is 87.3 Å². The van der Waals surface area contributed by atoms with Crippen LogP contribution in [0.2, 0.25) is 0 Å². The van der Waals surface area contributed by atoms with Gasteiger partial charge >= 0.3 is 5.97 Å². The quantitative estimate of drug-likeness (QED) is 0.266. The number of fused-ring (bicyclic) bond motifs is 1. The lowest BCUT2D eigenvalue weighted by Crippen LogP contribution is -2.46. The van der Waals surface area contributed by atoms with Gasteiger partial charge in [0.1, 0.15) is 11.9 Å². The third kappa shape index (κ3) is 7.42. The SMILES string of the molecule is CC(=Cc1csc(C)n1)C1CC2OC2CCCC(C)C(OP)C(C)C(=O)C(C)(C)C(OP)CC(=O)O1. The molecule has 0 saturated carbocycles. The minimum atomic E-state index is -0.915. The van der Waals surface area contributed by atoms with Crippen molar-refractivity contribution in [2.24, 2.45) is 17.3 Å².